The summed E-state index contributed by atoms with van der Waals surface area (Å²) in [6.07, 6.45) is 6.89. The number of piperidine rings is 1. The number of aryl methyl sites for hydroxylation is 1. The summed E-state index contributed by atoms with van der Waals surface area (Å²) in [6.45, 7) is 4.78. The number of carbonyl (C=O) groups excluding carboxylic acids is 3. The van der Waals surface area contributed by atoms with Gasteiger partial charge in [-0.25, -0.2) is 0 Å². The molecule has 41 heavy (non-hydrogen) atoms. The molecule has 2 aromatic carbocycles. The van der Waals surface area contributed by atoms with E-state index in [4.69, 9.17) is 9.29 Å². The average Bonchev–Trinajstić information content (AvgIpc) is 2.97. The normalized spacial score (nSPS) is 19.4. The number of nitrogens with zero attached hydrogens (tertiary/aromatic N) is 3. The van der Waals surface area contributed by atoms with Gasteiger partial charge in [0.1, 0.15) is 5.75 Å². The van der Waals surface area contributed by atoms with Gasteiger partial charge in [0.2, 0.25) is 5.91 Å². The Balaban J connectivity index is 0.000000714. The molecule has 1 N–H and O–H groups in total. The van der Waals surface area contributed by atoms with E-state index in [0.29, 0.717) is 50.3 Å². The lowest BCUT2D eigenvalue weighted by Crippen LogP contribution is -2.52. The van der Waals surface area contributed by atoms with Crippen LogP contribution in [0, 0.1) is 0 Å². The third kappa shape index (κ3) is 9.11. The molecule has 0 saturated carbocycles. The largest absolute Gasteiger partial charge is 0.426 e. The summed E-state index contributed by atoms with van der Waals surface area (Å²) >= 11 is 0. The van der Waals surface area contributed by atoms with Gasteiger partial charge in [-0.3, -0.25) is 23.8 Å². The monoisotopic (exact) mass is 585 g/mol. The number of likely N-dealkylation sites (tertiary alicyclic amines) is 1. The van der Waals surface area contributed by atoms with Crippen LogP contribution in [0.5, 0.6) is 5.75 Å². The highest BCUT2D eigenvalue weighted by atomic mass is 32.2. The molecule has 0 aromatic heterocycles. The van der Waals surface area contributed by atoms with E-state index in [0.717, 1.165) is 50.8 Å². The topological polar surface area (TPSA) is 125 Å². The first-order chi connectivity index (χ1) is 19.6. The molecule has 2 saturated heterocycles. The summed E-state index contributed by atoms with van der Waals surface area (Å²) in [6, 6.07) is 14.9. The number of hydrogen-bond donors (Lipinski definition) is 1. The van der Waals surface area contributed by atoms with E-state index in [9.17, 15) is 22.8 Å². The van der Waals surface area contributed by atoms with E-state index in [-0.39, 0.29) is 23.7 Å². The maximum Gasteiger partial charge on any atom is 0.318 e. The zero-order valence-corrected chi connectivity index (χ0v) is 24.4. The number of fused-ring (bicyclic) bond motifs is 1. The van der Waals surface area contributed by atoms with Crippen LogP contribution in [0.3, 0.4) is 0 Å². The fourth-order valence-corrected chi connectivity index (χ4v) is 5.58. The minimum absolute atomic E-state index is 0.0314. The summed E-state index contributed by atoms with van der Waals surface area (Å²) < 4.78 is 31.6. The van der Waals surface area contributed by atoms with E-state index in [2.05, 4.69) is 11.0 Å². The van der Waals surface area contributed by atoms with Crippen molar-refractivity contribution >= 4 is 27.9 Å². The third-order valence-corrected chi connectivity index (χ3v) is 7.70. The molecular weight excluding hydrogens is 546 g/mol. The molecule has 1 atom stereocenters. The predicted octanol–water partition coefficient (Wildman–Crippen LogP) is 2.99. The summed E-state index contributed by atoms with van der Waals surface area (Å²) in [5.74, 6) is 0.152. The van der Waals surface area contributed by atoms with Crippen molar-refractivity contribution in [2.75, 3.05) is 52.1 Å². The Kier molecular flexibility index (Phi) is 10.5. The molecule has 1 aliphatic carbocycles. The maximum absolute atomic E-state index is 13.0. The fourth-order valence-electron chi connectivity index (χ4n) is 5.58. The van der Waals surface area contributed by atoms with Gasteiger partial charge in [0.15, 0.2) is 0 Å². The molecule has 2 aliphatic heterocycles. The number of benzene rings is 2. The quantitative estimate of drug-likeness (QED) is 0.323. The SMILES string of the molecule is CS(=O)(=O)O.O=C(Oc1ccc(C(=O)N2CCN(CC(=O)N3CCCCC3)CC2)cc1)C1CCCc2ccccc21. The van der Waals surface area contributed by atoms with Crippen LogP contribution in [-0.2, 0) is 26.1 Å². The second-order valence-electron chi connectivity index (χ2n) is 10.8. The zero-order chi connectivity index (χ0) is 29.4. The highest BCUT2D eigenvalue weighted by Gasteiger charge is 2.28. The van der Waals surface area contributed by atoms with Crippen LogP contribution in [0.4, 0.5) is 0 Å². The second-order valence-corrected chi connectivity index (χ2v) is 12.3. The summed E-state index contributed by atoms with van der Waals surface area (Å²) in [5.41, 5.74) is 2.87. The first-order valence-corrected chi connectivity index (χ1v) is 16.0. The van der Waals surface area contributed by atoms with E-state index < -0.39 is 10.1 Å². The number of carbonyl (C=O) groups is 3. The van der Waals surface area contributed by atoms with Gasteiger partial charge in [-0.1, -0.05) is 24.3 Å². The van der Waals surface area contributed by atoms with Crippen molar-refractivity contribution in [3.05, 3.63) is 65.2 Å². The molecule has 11 heteroatoms. The van der Waals surface area contributed by atoms with Gasteiger partial charge in [-0.15, -0.1) is 0 Å². The molecule has 222 valence electrons. The predicted molar refractivity (Wildman–Crippen MR) is 154 cm³/mol. The molecule has 5 rings (SSSR count). The Morgan fingerprint density at radius 3 is 2.15 bits per heavy atom. The molecule has 3 aliphatic rings. The van der Waals surface area contributed by atoms with Crippen LogP contribution < -0.4 is 4.74 Å². The molecule has 10 nitrogen and oxygen atoms in total. The van der Waals surface area contributed by atoms with Crippen molar-refractivity contribution < 1.29 is 32.1 Å². The Hall–Kier alpha value is -3.28. The number of amides is 2. The van der Waals surface area contributed by atoms with Gasteiger partial charge in [-0.2, -0.15) is 8.42 Å². The Bertz CT molecular complexity index is 1310. The summed E-state index contributed by atoms with van der Waals surface area (Å²) in [7, 11) is -3.67. The lowest BCUT2D eigenvalue weighted by molar-refractivity contribution is -0.136. The van der Waals surface area contributed by atoms with Crippen LogP contribution in [0.25, 0.3) is 0 Å². The summed E-state index contributed by atoms with van der Waals surface area (Å²) in [4.78, 5) is 44.4. The Labute approximate surface area is 242 Å². The second kappa shape index (κ2) is 14.1. The maximum atomic E-state index is 13.0. The Morgan fingerprint density at radius 1 is 0.854 bits per heavy atom. The number of hydrogen-bond acceptors (Lipinski definition) is 7. The number of ether oxygens (including phenoxy) is 1. The lowest BCUT2D eigenvalue weighted by Gasteiger charge is -2.36. The number of piperazine rings is 1. The standard InChI is InChI=1S/C29H35N3O4.CH4O3S/c33-27(31-15-4-1-5-16-31)21-30-17-19-32(20-18-30)28(34)23-11-13-24(14-12-23)36-29(35)26-10-6-8-22-7-2-3-9-25(22)26;1-5(2,3)4/h2-3,7,9,11-14,26H,1,4-6,8,10,15-21H2;1H3,(H,2,3,4). The van der Waals surface area contributed by atoms with E-state index in [1.54, 1.807) is 24.3 Å². The van der Waals surface area contributed by atoms with Gasteiger partial charge in [-0.05, 0) is 73.9 Å². The van der Waals surface area contributed by atoms with Crippen molar-refractivity contribution in [1.29, 1.82) is 0 Å². The smallest absolute Gasteiger partial charge is 0.318 e. The molecule has 0 radical (unpaired) electrons. The zero-order valence-electron chi connectivity index (χ0n) is 23.5. The van der Waals surface area contributed by atoms with Gasteiger partial charge < -0.3 is 14.5 Å². The highest BCUT2D eigenvalue weighted by molar-refractivity contribution is 7.85. The minimum Gasteiger partial charge on any atom is -0.426 e. The first kappa shape index (κ1) is 30.7. The summed E-state index contributed by atoms with van der Waals surface area (Å²) in [5, 5.41) is 0. The van der Waals surface area contributed by atoms with Crippen molar-refractivity contribution in [1.82, 2.24) is 14.7 Å². The number of rotatable bonds is 5. The van der Waals surface area contributed by atoms with Crippen molar-refractivity contribution in [3.8, 4) is 5.75 Å². The van der Waals surface area contributed by atoms with Crippen molar-refractivity contribution in [3.63, 3.8) is 0 Å². The van der Waals surface area contributed by atoms with Gasteiger partial charge in [0.05, 0.1) is 18.7 Å². The average molecular weight is 586 g/mol. The molecule has 2 aromatic rings. The van der Waals surface area contributed by atoms with Crippen LogP contribution in [-0.4, -0.2) is 97.5 Å². The molecule has 1 unspecified atom stereocenters. The van der Waals surface area contributed by atoms with E-state index in [1.165, 1.54) is 12.0 Å². The number of esters is 1. The van der Waals surface area contributed by atoms with Gasteiger partial charge in [0.25, 0.3) is 16.0 Å². The van der Waals surface area contributed by atoms with E-state index in [1.807, 2.05) is 28.0 Å². The van der Waals surface area contributed by atoms with Crippen LogP contribution in [0.2, 0.25) is 0 Å². The van der Waals surface area contributed by atoms with Crippen molar-refractivity contribution in [2.45, 2.75) is 44.4 Å². The van der Waals surface area contributed by atoms with Crippen molar-refractivity contribution in [2.24, 2.45) is 0 Å². The molecule has 2 heterocycles. The van der Waals surface area contributed by atoms with Gasteiger partial charge in [0, 0.05) is 44.8 Å². The fraction of sp³-hybridized carbons (Fsp3) is 0.500. The van der Waals surface area contributed by atoms with Gasteiger partial charge >= 0.3 is 5.97 Å². The van der Waals surface area contributed by atoms with Crippen LogP contribution >= 0.6 is 0 Å². The molecular formula is C30H39N3O7S. The molecule has 2 fully saturated rings. The molecule has 0 bridgehead atoms. The third-order valence-electron chi connectivity index (χ3n) is 7.70. The van der Waals surface area contributed by atoms with E-state index >= 15 is 0 Å². The van der Waals surface area contributed by atoms with Crippen LogP contribution in [0.15, 0.2) is 48.5 Å². The lowest BCUT2D eigenvalue weighted by atomic mass is 9.83. The molecule has 0 spiro atoms. The van der Waals surface area contributed by atoms with Crippen LogP contribution in [0.1, 0.15) is 59.5 Å². The minimum atomic E-state index is -3.67. The molecule has 2 amide bonds. The first-order valence-electron chi connectivity index (χ1n) is 14.2. The Morgan fingerprint density at radius 2 is 1.49 bits per heavy atom. The highest BCUT2D eigenvalue weighted by Crippen LogP contribution is 2.32.